The Morgan fingerprint density at radius 2 is 1.72 bits per heavy atom. The number of rotatable bonds is 2. The highest BCUT2D eigenvalue weighted by Crippen LogP contribution is 2.26. The van der Waals surface area contributed by atoms with Crippen LogP contribution in [0.15, 0.2) is 24.3 Å². The number of nitrogens with zero attached hydrogens (tertiary/aromatic N) is 1. The fourth-order valence-electron chi connectivity index (χ4n) is 1.61. The van der Waals surface area contributed by atoms with E-state index >= 15 is 0 Å². The van der Waals surface area contributed by atoms with E-state index in [4.69, 9.17) is 35.4 Å². The minimum Gasteiger partial charge on any atom is -0.343 e. The Morgan fingerprint density at radius 3 is 2.28 bits per heavy atom. The van der Waals surface area contributed by atoms with Crippen LogP contribution in [-0.2, 0) is 0 Å². The molecule has 0 aliphatic rings. The summed E-state index contributed by atoms with van der Waals surface area (Å²) >= 11 is 17.2. The third kappa shape index (κ3) is 3.10. The largest absolute Gasteiger partial charge is 0.343 e. The number of aromatic amines is 1. The predicted octanol–water partition coefficient (Wildman–Crippen LogP) is 5.24. The average Bonchev–Trinajstić information content (AvgIpc) is 2.26. The van der Waals surface area contributed by atoms with E-state index in [2.05, 4.69) is 23.8 Å². The number of H-pyrrole nitrogens is 1. The van der Waals surface area contributed by atoms with E-state index in [1.54, 1.807) is 6.07 Å². The second-order valence-electron chi connectivity index (χ2n) is 4.33. The van der Waals surface area contributed by atoms with Crippen LogP contribution in [0.1, 0.15) is 25.6 Å². The highest BCUT2D eigenvalue weighted by atomic mass is 35.5. The minimum absolute atomic E-state index is 0.279. The summed E-state index contributed by atoms with van der Waals surface area (Å²) in [7, 11) is 0. The summed E-state index contributed by atoms with van der Waals surface area (Å²) in [6, 6.07) is 7.20. The van der Waals surface area contributed by atoms with Gasteiger partial charge in [0.1, 0.15) is 10.5 Å². The lowest BCUT2D eigenvalue weighted by Crippen LogP contribution is -1.99. The van der Waals surface area contributed by atoms with Gasteiger partial charge in [-0.1, -0.05) is 49.3 Å². The van der Waals surface area contributed by atoms with Gasteiger partial charge in [0.25, 0.3) is 0 Å². The van der Waals surface area contributed by atoms with Crippen molar-refractivity contribution in [2.45, 2.75) is 19.8 Å². The summed E-state index contributed by atoms with van der Waals surface area (Å²) in [5.74, 6) is 1.13. The van der Waals surface area contributed by atoms with Crippen LogP contribution in [0.25, 0.3) is 11.3 Å². The first-order valence-electron chi connectivity index (χ1n) is 5.53. The molecule has 0 bridgehead atoms. The molecule has 0 amide bonds. The molecule has 94 valence electrons. The Labute approximate surface area is 121 Å². The topological polar surface area (TPSA) is 28.7 Å². The van der Waals surface area contributed by atoms with Crippen molar-refractivity contribution in [3.05, 3.63) is 44.8 Å². The van der Waals surface area contributed by atoms with Crippen molar-refractivity contribution in [3.63, 3.8) is 0 Å². The lowest BCUT2D eigenvalue weighted by Gasteiger charge is -2.09. The molecule has 0 fully saturated rings. The molecule has 2 aromatic rings. The summed E-state index contributed by atoms with van der Waals surface area (Å²) in [5, 5.41) is 1.19. The lowest BCUT2D eigenvalue weighted by atomic mass is 10.1. The molecule has 2 rings (SSSR count). The summed E-state index contributed by atoms with van der Waals surface area (Å²) in [6.45, 7) is 4.12. The zero-order valence-corrected chi connectivity index (χ0v) is 12.3. The average molecular weight is 299 g/mol. The Balaban J connectivity index is 2.60. The van der Waals surface area contributed by atoms with Gasteiger partial charge in [0, 0.05) is 27.2 Å². The summed E-state index contributed by atoms with van der Waals surface area (Å²) in [6.07, 6.45) is 0. The standard InChI is InChI=1S/C13H12Cl2N2S/c1-7(2)13-16-11(6-12(18)17-13)8-3-9(14)5-10(15)4-8/h3-7H,1-2H3,(H,16,17,18). The smallest absolute Gasteiger partial charge is 0.130 e. The molecule has 2 nitrogen and oxygen atoms in total. The van der Waals surface area contributed by atoms with Crippen LogP contribution in [-0.4, -0.2) is 9.97 Å². The summed E-state index contributed by atoms with van der Waals surface area (Å²) in [4.78, 5) is 7.56. The molecule has 0 spiro atoms. The van der Waals surface area contributed by atoms with Crippen molar-refractivity contribution in [2.75, 3.05) is 0 Å². The van der Waals surface area contributed by atoms with Gasteiger partial charge in [-0.25, -0.2) is 4.98 Å². The van der Waals surface area contributed by atoms with Crippen LogP contribution >= 0.6 is 35.4 Å². The second-order valence-corrected chi connectivity index (χ2v) is 5.62. The molecule has 1 heterocycles. The normalized spacial score (nSPS) is 10.9. The maximum Gasteiger partial charge on any atom is 0.130 e. The monoisotopic (exact) mass is 298 g/mol. The molecule has 18 heavy (non-hydrogen) atoms. The van der Waals surface area contributed by atoms with Gasteiger partial charge in [-0.2, -0.15) is 0 Å². The Kier molecular flexibility index (Phi) is 4.05. The van der Waals surface area contributed by atoms with Crippen molar-refractivity contribution in [2.24, 2.45) is 0 Å². The number of nitrogens with one attached hydrogen (secondary N) is 1. The van der Waals surface area contributed by atoms with E-state index in [1.807, 2.05) is 18.2 Å². The molecule has 0 aliphatic carbocycles. The van der Waals surface area contributed by atoms with Gasteiger partial charge in [-0.05, 0) is 24.3 Å². The van der Waals surface area contributed by atoms with Crippen LogP contribution < -0.4 is 0 Å². The van der Waals surface area contributed by atoms with E-state index < -0.39 is 0 Å². The molecule has 0 saturated heterocycles. The van der Waals surface area contributed by atoms with Crippen LogP contribution in [0.5, 0.6) is 0 Å². The molecule has 0 unspecified atom stereocenters. The molecule has 1 N–H and O–H groups in total. The Morgan fingerprint density at radius 1 is 1.11 bits per heavy atom. The highest BCUT2D eigenvalue weighted by Gasteiger charge is 2.06. The van der Waals surface area contributed by atoms with Gasteiger partial charge in [-0.15, -0.1) is 0 Å². The number of hydrogen-bond donors (Lipinski definition) is 1. The number of hydrogen-bond acceptors (Lipinski definition) is 2. The SMILES string of the molecule is CC(C)c1nc(=S)cc(-c2cc(Cl)cc(Cl)c2)[nH]1. The molecule has 0 aliphatic heterocycles. The summed E-state index contributed by atoms with van der Waals surface area (Å²) in [5.41, 5.74) is 1.78. The third-order valence-corrected chi connectivity index (χ3v) is 3.13. The molecular formula is C13H12Cl2N2S. The lowest BCUT2D eigenvalue weighted by molar-refractivity contribution is 0.773. The van der Waals surface area contributed by atoms with Crippen LogP contribution in [0.3, 0.4) is 0 Å². The maximum atomic E-state index is 6.00. The molecule has 5 heteroatoms. The zero-order valence-electron chi connectivity index (χ0n) is 10.00. The van der Waals surface area contributed by atoms with Crippen LogP contribution in [0.2, 0.25) is 10.0 Å². The van der Waals surface area contributed by atoms with Crippen molar-refractivity contribution in [3.8, 4) is 11.3 Å². The van der Waals surface area contributed by atoms with Gasteiger partial charge in [0.15, 0.2) is 0 Å². The van der Waals surface area contributed by atoms with Crippen molar-refractivity contribution >= 4 is 35.4 Å². The van der Waals surface area contributed by atoms with Gasteiger partial charge in [0.2, 0.25) is 0 Å². The fourth-order valence-corrected chi connectivity index (χ4v) is 2.36. The van der Waals surface area contributed by atoms with Crippen molar-refractivity contribution in [1.82, 2.24) is 9.97 Å². The maximum absolute atomic E-state index is 6.00. The zero-order chi connectivity index (χ0) is 13.3. The second kappa shape index (κ2) is 5.39. The van der Waals surface area contributed by atoms with Gasteiger partial charge >= 0.3 is 0 Å². The van der Waals surface area contributed by atoms with Crippen LogP contribution in [0, 0.1) is 4.64 Å². The van der Waals surface area contributed by atoms with Gasteiger partial charge < -0.3 is 4.98 Å². The predicted molar refractivity (Wildman–Crippen MR) is 79.0 cm³/mol. The number of aromatic nitrogens is 2. The van der Waals surface area contributed by atoms with E-state index in [1.165, 1.54) is 0 Å². The van der Waals surface area contributed by atoms with E-state index in [9.17, 15) is 0 Å². The van der Waals surface area contributed by atoms with E-state index in [-0.39, 0.29) is 5.92 Å². The van der Waals surface area contributed by atoms with Crippen molar-refractivity contribution in [1.29, 1.82) is 0 Å². The minimum atomic E-state index is 0.279. The quantitative estimate of drug-likeness (QED) is 0.768. The fraction of sp³-hybridized carbons (Fsp3) is 0.231. The first-order valence-corrected chi connectivity index (χ1v) is 6.70. The first kappa shape index (κ1) is 13.5. The van der Waals surface area contributed by atoms with Crippen molar-refractivity contribution < 1.29 is 0 Å². The molecule has 0 saturated carbocycles. The first-order chi connectivity index (χ1) is 8.45. The van der Waals surface area contributed by atoms with E-state index in [0.717, 1.165) is 17.1 Å². The van der Waals surface area contributed by atoms with Crippen LogP contribution in [0.4, 0.5) is 0 Å². The molecule has 1 aromatic carbocycles. The highest BCUT2D eigenvalue weighted by molar-refractivity contribution is 7.71. The third-order valence-electron chi connectivity index (χ3n) is 2.48. The molecule has 1 aromatic heterocycles. The molecule has 0 atom stereocenters. The summed E-state index contributed by atoms with van der Waals surface area (Å²) < 4.78 is 0.559. The Hall–Kier alpha value is -0.900. The van der Waals surface area contributed by atoms with Gasteiger partial charge in [0.05, 0.1) is 0 Å². The number of benzene rings is 1. The number of halogens is 2. The van der Waals surface area contributed by atoms with E-state index in [0.29, 0.717) is 14.7 Å². The molecule has 0 radical (unpaired) electrons. The van der Waals surface area contributed by atoms with Gasteiger partial charge in [-0.3, -0.25) is 0 Å². The molecular weight excluding hydrogens is 287 g/mol. The Bertz CT molecular complexity index is 615.